The number of esters is 1. The normalized spacial score (nSPS) is 12.2. The van der Waals surface area contributed by atoms with E-state index in [-0.39, 0.29) is 22.7 Å². The van der Waals surface area contributed by atoms with Gasteiger partial charge in [0, 0.05) is 19.4 Å². The first kappa shape index (κ1) is 13.8. The van der Waals surface area contributed by atoms with E-state index in [0.717, 1.165) is 0 Å². The van der Waals surface area contributed by atoms with Crippen LogP contribution in [0.5, 0.6) is 0 Å². The Labute approximate surface area is 114 Å². The minimum atomic E-state index is -0.625. The zero-order valence-electron chi connectivity index (χ0n) is 11.3. The van der Waals surface area contributed by atoms with Crippen molar-refractivity contribution >= 4 is 11.9 Å². The van der Waals surface area contributed by atoms with Crippen LogP contribution in [0.3, 0.4) is 0 Å². The first-order valence-corrected chi connectivity index (χ1v) is 5.89. The Kier molecular flexibility index (Phi) is 3.55. The monoisotopic (exact) mass is 278 g/mol. The molecule has 20 heavy (non-hydrogen) atoms. The van der Waals surface area contributed by atoms with Gasteiger partial charge in [0.25, 0.3) is 5.56 Å². The number of methoxy groups -OCH3 is 1. The van der Waals surface area contributed by atoms with E-state index < -0.39 is 17.6 Å². The highest BCUT2D eigenvalue weighted by atomic mass is 16.5. The summed E-state index contributed by atoms with van der Waals surface area (Å²) in [4.78, 5) is 35.1. The van der Waals surface area contributed by atoms with Gasteiger partial charge in [0.05, 0.1) is 12.7 Å². The molecule has 1 atom stereocenters. The van der Waals surface area contributed by atoms with Gasteiger partial charge in [-0.15, -0.1) is 0 Å². The van der Waals surface area contributed by atoms with Gasteiger partial charge in [-0.05, 0) is 6.92 Å². The van der Waals surface area contributed by atoms with Crippen LogP contribution < -0.4 is 10.9 Å². The summed E-state index contributed by atoms with van der Waals surface area (Å²) < 4.78 is 6.14. The maximum Gasteiger partial charge on any atom is 0.341 e. The topological polar surface area (TPSA) is 106 Å². The molecule has 1 unspecified atom stereocenters. The molecule has 0 aromatic carbocycles. The van der Waals surface area contributed by atoms with Crippen molar-refractivity contribution in [2.75, 3.05) is 14.2 Å². The zero-order chi connectivity index (χ0) is 14.9. The minimum Gasteiger partial charge on any atom is -0.465 e. The number of aromatic amines is 1. The van der Waals surface area contributed by atoms with Gasteiger partial charge in [-0.2, -0.15) is 5.10 Å². The maximum atomic E-state index is 11.8. The van der Waals surface area contributed by atoms with Crippen molar-refractivity contribution in [2.24, 2.45) is 0 Å². The molecule has 0 aromatic heterocycles. The van der Waals surface area contributed by atoms with Crippen LogP contribution in [-0.2, 0) is 9.53 Å². The van der Waals surface area contributed by atoms with Crippen LogP contribution in [-0.4, -0.2) is 40.8 Å². The molecule has 0 aromatic rings. The van der Waals surface area contributed by atoms with Gasteiger partial charge in [-0.1, -0.05) is 0 Å². The summed E-state index contributed by atoms with van der Waals surface area (Å²) in [6.07, 6.45) is 2.92. The van der Waals surface area contributed by atoms with Gasteiger partial charge in [-0.3, -0.25) is 9.59 Å². The van der Waals surface area contributed by atoms with Gasteiger partial charge in [0.1, 0.15) is 17.3 Å². The smallest absolute Gasteiger partial charge is 0.341 e. The average Bonchev–Trinajstić information content (AvgIpc) is 2.85. The van der Waals surface area contributed by atoms with Crippen LogP contribution in [0.1, 0.15) is 23.3 Å². The molecule has 0 saturated carbocycles. The van der Waals surface area contributed by atoms with E-state index in [0.29, 0.717) is 0 Å². The third kappa shape index (κ3) is 2.15. The van der Waals surface area contributed by atoms with Gasteiger partial charge in [-0.25, -0.2) is 9.89 Å². The molecule has 2 rings (SSSR count). The number of amides is 1. The predicted octanol–water partition coefficient (Wildman–Crippen LogP) is -0.230. The number of nitrogens with zero attached hydrogens (tertiary/aromatic N) is 2. The molecule has 2 heterocycles. The summed E-state index contributed by atoms with van der Waals surface area (Å²) in [5.41, 5.74) is 0.147. The Morgan fingerprint density at radius 3 is 2.75 bits per heavy atom. The Bertz CT molecular complexity index is 687. The highest BCUT2D eigenvalue weighted by Crippen LogP contribution is 2.22. The number of likely N-dealkylation sites (N-methyl/N-ethyl adjacent to an activating group) is 1. The number of ether oxygens (including phenoxy) is 1. The van der Waals surface area contributed by atoms with E-state index in [9.17, 15) is 14.4 Å². The van der Waals surface area contributed by atoms with Crippen molar-refractivity contribution in [3.63, 3.8) is 0 Å². The summed E-state index contributed by atoms with van der Waals surface area (Å²) >= 11 is 0. The number of H-pyrrole nitrogens is 1. The van der Waals surface area contributed by atoms with Crippen molar-refractivity contribution < 1.29 is 14.3 Å². The van der Waals surface area contributed by atoms with E-state index >= 15 is 0 Å². The average molecular weight is 278 g/mol. The van der Waals surface area contributed by atoms with Crippen molar-refractivity contribution in [1.29, 1.82) is 0 Å². The molecule has 1 amide bonds. The fourth-order valence-electron chi connectivity index (χ4n) is 1.88. The Morgan fingerprint density at radius 2 is 2.15 bits per heavy atom. The quantitative estimate of drug-likeness (QED) is 0.754. The molecule has 2 N–H and O–H groups in total. The number of nitrogens with one attached hydrogen (secondary N) is 2. The maximum absolute atomic E-state index is 11.8. The highest BCUT2D eigenvalue weighted by molar-refractivity contribution is 5.96. The fraction of sp³-hybridized carbons (Fsp3) is 0.333. The van der Waals surface area contributed by atoms with Crippen molar-refractivity contribution in [1.82, 2.24) is 20.1 Å². The molecule has 0 saturated heterocycles. The number of rotatable bonds is 3. The standard InChI is InChI=1S/C12H14N4O4/c1-6(10(17)13-2)16-4-7-9(14-15-11(7)18)8(5-16)12(19)20-3/h4-6H,1-3H3,(H,13,17)(H,15,18). The highest BCUT2D eigenvalue weighted by Gasteiger charge is 2.24. The Balaban J connectivity index is 2.65. The van der Waals surface area contributed by atoms with Crippen LogP contribution in [0.4, 0.5) is 0 Å². The zero-order valence-corrected chi connectivity index (χ0v) is 11.3. The molecular weight excluding hydrogens is 264 g/mol. The lowest BCUT2D eigenvalue weighted by Gasteiger charge is -2.17. The Morgan fingerprint density at radius 1 is 1.45 bits per heavy atom. The minimum absolute atomic E-state index is 0.124. The molecule has 2 aliphatic heterocycles. The van der Waals surface area contributed by atoms with Gasteiger partial charge in [0.2, 0.25) is 5.91 Å². The number of aromatic nitrogens is 3. The summed E-state index contributed by atoms with van der Waals surface area (Å²) in [5, 5.41) is 8.58. The van der Waals surface area contributed by atoms with Crippen molar-refractivity contribution in [2.45, 2.75) is 13.0 Å². The summed E-state index contributed by atoms with van der Waals surface area (Å²) in [6, 6.07) is -0.581. The first-order valence-electron chi connectivity index (χ1n) is 5.89. The van der Waals surface area contributed by atoms with Crippen LogP contribution >= 0.6 is 0 Å². The number of carbonyl (C=O) groups excluding carboxylic acids is 2. The molecule has 8 heteroatoms. The summed E-state index contributed by atoms with van der Waals surface area (Å²) in [7, 11) is 2.74. The predicted molar refractivity (Wildman–Crippen MR) is 69.6 cm³/mol. The largest absolute Gasteiger partial charge is 0.465 e. The first-order chi connectivity index (χ1) is 9.49. The van der Waals surface area contributed by atoms with Crippen LogP contribution in [0.15, 0.2) is 17.2 Å². The van der Waals surface area contributed by atoms with Gasteiger partial charge >= 0.3 is 5.97 Å². The third-order valence-corrected chi connectivity index (χ3v) is 3.06. The number of carbonyl (C=O) groups is 2. The molecule has 0 spiro atoms. The molecule has 106 valence electrons. The van der Waals surface area contributed by atoms with E-state index in [1.54, 1.807) is 6.92 Å². The molecule has 8 nitrogen and oxygen atoms in total. The molecule has 0 fully saturated rings. The van der Waals surface area contributed by atoms with Crippen LogP contribution in [0, 0.1) is 0 Å². The summed E-state index contributed by atoms with van der Waals surface area (Å²) in [5.74, 6) is -0.874. The lowest BCUT2D eigenvalue weighted by Crippen LogP contribution is -2.28. The van der Waals surface area contributed by atoms with Crippen LogP contribution in [0.2, 0.25) is 0 Å². The van der Waals surface area contributed by atoms with Crippen LogP contribution in [0.25, 0.3) is 11.3 Å². The Hall–Kier alpha value is -2.64. The van der Waals surface area contributed by atoms with E-state index in [1.807, 2.05) is 0 Å². The van der Waals surface area contributed by atoms with E-state index in [1.165, 1.54) is 31.1 Å². The van der Waals surface area contributed by atoms with Crippen molar-refractivity contribution in [3.05, 3.63) is 28.3 Å². The molecular formula is C12H14N4O4. The molecule has 0 radical (unpaired) electrons. The second kappa shape index (κ2) is 5.16. The third-order valence-electron chi connectivity index (χ3n) is 3.06. The number of fused-ring (bicyclic) bond motifs is 1. The van der Waals surface area contributed by atoms with Gasteiger partial charge in [0.15, 0.2) is 0 Å². The second-order valence-electron chi connectivity index (χ2n) is 4.22. The molecule has 2 aliphatic rings. The number of pyridine rings is 1. The van der Waals surface area contributed by atoms with E-state index in [2.05, 4.69) is 20.3 Å². The van der Waals surface area contributed by atoms with Gasteiger partial charge < -0.3 is 14.6 Å². The van der Waals surface area contributed by atoms with Crippen molar-refractivity contribution in [3.8, 4) is 11.3 Å². The molecule has 0 bridgehead atoms. The fourth-order valence-corrected chi connectivity index (χ4v) is 1.88. The number of hydrogen-bond acceptors (Lipinski definition) is 5. The number of hydrogen-bond donors (Lipinski definition) is 2. The SMILES string of the molecule is CNC(=O)C(C)n1cc(C(=O)OC)c2n[nH]c(=O)c-2c1. The second-order valence-corrected chi connectivity index (χ2v) is 4.22. The summed E-state index contributed by atoms with van der Waals surface area (Å²) in [6.45, 7) is 1.65. The molecule has 0 aliphatic carbocycles. The lowest BCUT2D eigenvalue weighted by molar-refractivity contribution is -0.123. The lowest BCUT2D eigenvalue weighted by atomic mass is 10.1. The van der Waals surface area contributed by atoms with E-state index in [4.69, 9.17) is 0 Å².